The lowest BCUT2D eigenvalue weighted by Crippen LogP contribution is -2.49. The number of pyridine rings is 1. The monoisotopic (exact) mass is 737 g/mol. The number of urea groups is 1. The minimum Gasteiger partial charge on any atom is -0.474 e. The van der Waals surface area contributed by atoms with Gasteiger partial charge in [0.15, 0.2) is 0 Å². The Bertz CT molecular complexity index is 2190. The van der Waals surface area contributed by atoms with E-state index < -0.39 is 0 Å². The molecule has 3 N–H and O–H groups in total. The molecule has 12 heteroatoms. The van der Waals surface area contributed by atoms with Crippen LogP contribution >= 0.6 is 0 Å². The summed E-state index contributed by atoms with van der Waals surface area (Å²) < 4.78 is 5.72. The van der Waals surface area contributed by atoms with Gasteiger partial charge in [0.1, 0.15) is 12.3 Å². The van der Waals surface area contributed by atoms with Gasteiger partial charge in [0, 0.05) is 79.6 Å². The van der Waals surface area contributed by atoms with Crippen LogP contribution in [0.2, 0.25) is 0 Å². The molecule has 4 aliphatic rings. The van der Waals surface area contributed by atoms with E-state index in [4.69, 9.17) is 9.72 Å². The van der Waals surface area contributed by atoms with Gasteiger partial charge in [-0.05, 0) is 117 Å². The molecule has 4 aliphatic heterocycles. The average Bonchev–Trinajstić information content (AvgIpc) is 3.22. The molecule has 2 aromatic heterocycles. The van der Waals surface area contributed by atoms with E-state index in [1.165, 1.54) is 30.6 Å². The van der Waals surface area contributed by atoms with Gasteiger partial charge in [0.05, 0.1) is 5.52 Å². The molecule has 0 saturated carbocycles. The first-order valence-electron chi connectivity index (χ1n) is 19.6. The van der Waals surface area contributed by atoms with E-state index >= 15 is 0 Å². The summed E-state index contributed by atoms with van der Waals surface area (Å²) in [5.74, 6) is 2.29. The SMILES string of the molecule is Cc1c(-c2ccc3cnc(Nc4ccc(N5CCC(CN6CCC(c7ccc(N8CCC(=O)NC8=O)cc7)CC6)CC5)cc4)nc3c2)cnc2c1NCCO2. The molecule has 5 aromatic rings. The van der Waals surface area contributed by atoms with Crippen LogP contribution in [0.15, 0.2) is 79.1 Å². The number of fused-ring (bicyclic) bond motifs is 2. The summed E-state index contributed by atoms with van der Waals surface area (Å²) in [6, 6.07) is 22.9. The molecule has 0 aliphatic carbocycles. The number of imide groups is 1. The van der Waals surface area contributed by atoms with E-state index in [9.17, 15) is 9.59 Å². The average molecular weight is 738 g/mol. The second-order valence-corrected chi connectivity index (χ2v) is 15.2. The first kappa shape index (κ1) is 35.0. The number of hydrogen-bond donors (Lipinski definition) is 3. The Kier molecular flexibility index (Phi) is 9.65. The molecule has 0 unspecified atom stereocenters. The molecule has 55 heavy (non-hydrogen) atoms. The molecular formula is C43H47N9O3. The topological polar surface area (TPSA) is 128 Å². The highest BCUT2D eigenvalue weighted by molar-refractivity contribution is 6.05. The van der Waals surface area contributed by atoms with Crippen LogP contribution in [0.3, 0.4) is 0 Å². The number of likely N-dealkylation sites (tertiary alicyclic amines) is 1. The predicted octanol–water partition coefficient (Wildman–Crippen LogP) is 7.09. The molecule has 3 aromatic carbocycles. The van der Waals surface area contributed by atoms with Gasteiger partial charge in [-0.1, -0.05) is 24.3 Å². The van der Waals surface area contributed by atoms with Crippen LogP contribution < -0.4 is 30.5 Å². The Morgan fingerprint density at radius 2 is 1.64 bits per heavy atom. The number of nitrogens with zero attached hydrogens (tertiary/aromatic N) is 6. The van der Waals surface area contributed by atoms with E-state index in [1.807, 2.05) is 24.5 Å². The standard InChI is InChI=1S/C43H47N9O3/c1-28-37(26-45-41-40(28)44-17-23-55-41)32-2-3-33-25-46-42(48-38(33)24-32)47-34-6-10-35(11-7-34)51-20-12-29(13-21-51)27-50-18-14-31(15-19-50)30-4-8-36(9-5-30)52-22-16-39(53)49-43(52)54/h2-11,24-26,29,31,44H,12-23,27H2,1H3,(H,46,47,48)(H,49,53,54). The zero-order valence-electron chi connectivity index (χ0n) is 31.3. The third kappa shape index (κ3) is 7.51. The lowest BCUT2D eigenvalue weighted by atomic mass is 9.88. The van der Waals surface area contributed by atoms with Crippen LogP contribution in [0.5, 0.6) is 5.88 Å². The van der Waals surface area contributed by atoms with Crippen molar-refractivity contribution in [1.29, 1.82) is 0 Å². The highest BCUT2D eigenvalue weighted by Gasteiger charge is 2.27. The smallest absolute Gasteiger partial charge is 0.328 e. The Balaban J connectivity index is 0.750. The van der Waals surface area contributed by atoms with Crippen molar-refractivity contribution in [3.05, 3.63) is 90.3 Å². The van der Waals surface area contributed by atoms with Gasteiger partial charge in [-0.3, -0.25) is 15.0 Å². The van der Waals surface area contributed by atoms with Gasteiger partial charge in [-0.25, -0.2) is 19.7 Å². The molecule has 12 nitrogen and oxygen atoms in total. The minimum absolute atomic E-state index is 0.205. The number of rotatable bonds is 8. The number of piperidine rings is 2. The van der Waals surface area contributed by atoms with E-state index in [2.05, 4.69) is 97.2 Å². The van der Waals surface area contributed by atoms with Gasteiger partial charge in [0.25, 0.3) is 0 Å². The van der Waals surface area contributed by atoms with E-state index in [0.717, 1.165) is 96.1 Å². The molecule has 9 rings (SSSR count). The van der Waals surface area contributed by atoms with E-state index in [0.29, 0.717) is 37.3 Å². The molecule has 0 spiro atoms. The number of carbonyl (C=O) groups is 2. The summed E-state index contributed by atoms with van der Waals surface area (Å²) in [4.78, 5) is 44.6. The largest absolute Gasteiger partial charge is 0.474 e. The van der Waals surface area contributed by atoms with Crippen molar-refractivity contribution in [2.45, 2.75) is 44.9 Å². The second kappa shape index (κ2) is 15.2. The van der Waals surface area contributed by atoms with Crippen LogP contribution in [0.4, 0.5) is 33.5 Å². The molecule has 6 heterocycles. The zero-order valence-corrected chi connectivity index (χ0v) is 31.3. The summed E-state index contributed by atoms with van der Waals surface area (Å²) in [6.45, 7) is 9.50. The Hall–Kier alpha value is -5.75. The zero-order chi connectivity index (χ0) is 37.3. The lowest BCUT2D eigenvalue weighted by molar-refractivity contribution is -0.120. The van der Waals surface area contributed by atoms with Crippen molar-refractivity contribution in [3.63, 3.8) is 0 Å². The quantitative estimate of drug-likeness (QED) is 0.152. The van der Waals surface area contributed by atoms with Crippen molar-refractivity contribution in [3.8, 4) is 17.0 Å². The van der Waals surface area contributed by atoms with Gasteiger partial charge in [-0.2, -0.15) is 0 Å². The van der Waals surface area contributed by atoms with Gasteiger partial charge in [0.2, 0.25) is 17.7 Å². The van der Waals surface area contributed by atoms with Crippen LogP contribution in [0.25, 0.3) is 22.0 Å². The predicted molar refractivity (Wildman–Crippen MR) is 217 cm³/mol. The second-order valence-electron chi connectivity index (χ2n) is 15.2. The number of aromatic nitrogens is 3. The minimum atomic E-state index is -0.332. The number of carbonyl (C=O) groups excluding carboxylic acids is 2. The number of hydrogen-bond acceptors (Lipinski definition) is 10. The van der Waals surface area contributed by atoms with Crippen molar-refractivity contribution in [1.82, 2.24) is 25.2 Å². The fourth-order valence-electron chi connectivity index (χ4n) is 8.57. The molecule has 3 fully saturated rings. The third-order valence-corrected chi connectivity index (χ3v) is 11.8. The van der Waals surface area contributed by atoms with Crippen molar-refractivity contribution >= 4 is 51.5 Å². The molecule has 282 valence electrons. The molecule has 0 bridgehead atoms. The maximum Gasteiger partial charge on any atom is 0.328 e. The van der Waals surface area contributed by atoms with E-state index in [1.54, 1.807) is 4.90 Å². The number of ether oxygens (including phenoxy) is 1. The molecule has 3 saturated heterocycles. The summed E-state index contributed by atoms with van der Waals surface area (Å²) in [7, 11) is 0. The Morgan fingerprint density at radius 1 is 0.855 bits per heavy atom. The van der Waals surface area contributed by atoms with Crippen molar-refractivity contribution in [2.24, 2.45) is 5.92 Å². The number of benzene rings is 3. The summed E-state index contributed by atoms with van der Waals surface area (Å²) in [6.07, 6.45) is 8.81. The van der Waals surface area contributed by atoms with Crippen molar-refractivity contribution in [2.75, 3.05) is 72.9 Å². The highest BCUT2D eigenvalue weighted by Crippen LogP contribution is 2.36. The maximum absolute atomic E-state index is 12.2. The summed E-state index contributed by atoms with van der Waals surface area (Å²) in [5, 5.41) is 10.2. The van der Waals surface area contributed by atoms with Gasteiger partial charge >= 0.3 is 6.03 Å². The first-order chi connectivity index (χ1) is 26.9. The summed E-state index contributed by atoms with van der Waals surface area (Å²) in [5.41, 5.74) is 9.46. The van der Waals surface area contributed by atoms with Gasteiger partial charge in [-0.15, -0.1) is 0 Å². The first-order valence-corrected chi connectivity index (χ1v) is 19.6. The van der Waals surface area contributed by atoms with Crippen molar-refractivity contribution < 1.29 is 14.3 Å². The van der Waals surface area contributed by atoms with Crippen LogP contribution in [-0.4, -0.2) is 84.2 Å². The van der Waals surface area contributed by atoms with Crippen LogP contribution in [0.1, 0.15) is 49.1 Å². The van der Waals surface area contributed by atoms with Crippen LogP contribution in [0, 0.1) is 12.8 Å². The number of amides is 3. The molecule has 0 radical (unpaired) electrons. The van der Waals surface area contributed by atoms with Crippen LogP contribution in [-0.2, 0) is 4.79 Å². The lowest BCUT2D eigenvalue weighted by Gasteiger charge is -2.38. The Morgan fingerprint density at radius 3 is 2.42 bits per heavy atom. The Labute approximate surface area is 321 Å². The number of anilines is 5. The third-order valence-electron chi connectivity index (χ3n) is 11.8. The summed E-state index contributed by atoms with van der Waals surface area (Å²) >= 11 is 0. The molecule has 0 atom stereocenters. The maximum atomic E-state index is 12.2. The fraction of sp³-hybridized carbons (Fsp3) is 0.372. The fourth-order valence-corrected chi connectivity index (χ4v) is 8.57. The number of nitrogens with one attached hydrogen (secondary N) is 3. The molecular weight excluding hydrogens is 691 g/mol. The highest BCUT2D eigenvalue weighted by atomic mass is 16.5. The molecule has 3 amide bonds. The van der Waals surface area contributed by atoms with Gasteiger partial charge < -0.3 is 25.2 Å². The normalized spacial score (nSPS) is 18.4. The van der Waals surface area contributed by atoms with E-state index in [-0.39, 0.29) is 11.9 Å².